The molecule has 1 atom stereocenters. The van der Waals surface area contributed by atoms with Crippen molar-refractivity contribution in [3.63, 3.8) is 0 Å². The highest BCUT2D eigenvalue weighted by Crippen LogP contribution is 2.45. The summed E-state index contributed by atoms with van der Waals surface area (Å²) < 4.78 is 5.64. The van der Waals surface area contributed by atoms with Crippen LogP contribution < -0.4 is 0 Å². The molecule has 1 aromatic rings. The molecule has 0 saturated carbocycles. The van der Waals surface area contributed by atoms with Gasteiger partial charge >= 0.3 is 0 Å². The van der Waals surface area contributed by atoms with Crippen LogP contribution in [0, 0.1) is 5.92 Å². The minimum atomic E-state index is 0.0233. The van der Waals surface area contributed by atoms with E-state index in [1.54, 1.807) is 0 Å². The molecular formula is C14H20O. The summed E-state index contributed by atoms with van der Waals surface area (Å²) in [5, 5.41) is 0. The van der Waals surface area contributed by atoms with Gasteiger partial charge in [-0.3, -0.25) is 0 Å². The molecule has 2 rings (SSSR count). The standard InChI is InChI=1S/C14H20O/c1-10(2)12-5-7-13(8-6-12)14(9-15-14)11(3)4/h5-8,10-11H,9H2,1-4H3. The van der Waals surface area contributed by atoms with Gasteiger partial charge in [0.2, 0.25) is 0 Å². The molecule has 0 bridgehead atoms. The SMILES string of the molecule is CC(C)c1ccc(C2(C(C)C)CO2)cc1. The average molecular weight is 204 g/mol. The van der Waals surface area contributed by atoms with E-state index in [-0.39, 0.29) is 5.60 Å². The maximum atomic E-state index is 5.64. The highest BCUT2D eigenvalue weighted by atomic mass is 16.6. The third-order valence-electron chi connectivity index (χ3n) is 3.45. The van der Waals surface area contributed by atoms with Crippen LogP contribution in [0.15, 0.2) is 24.3 Å². The first-order valence-corrected chi connectivity index (χ1v) is 5.80. The number of ether oxygens (including phenoxy) is 1. The van der Waals surface area contributed by atoms with E-state index in [4.69, 9.17) is 4.74 Å². The number of benzene rings is 1. The molecule has 0 radical (unpaired) electrons. The van der Waals surface area contributed by atoms with Gasteiger partial charge in [0, 0.05) is 0 Å². The molecule has 1 heteroatoms. The monoisotopic (exact) mass is 204 g/mol. The summed E-state index contributed by atoms with van der Waals surface area (Å²) in [5.74, 6) is 1.16. The largest absolute Gasteiger partial charge is 0.364 e. The molecule has 1 saturated heterocycles. The molecule has 1 aromatic carbocycles. The molecule has 1 nitrogen and oxygen atoms in total. The summed E-state index contributed by atoms with van der Waals surface area (Å²) in [6, 6.07) is 8.91. The maximum absolute atomic E-state index is 5.64. The Bertz CT molecular complexity index is 331. The third-order valence-corrected chi connectivity index (χ3v) is 3.45. The van der Waals surface area contributed by atoms with E-state index in [1.807, 2.05) is 0 Å². The fourth-order valence-electron chi connectivity index (χ4n) is 2.06. The van der Waals surface area contributed by atoms with Gasteiger partial charge in [-0.05, 0) is 23.0 Å². The van der Waals surface area contributed by atoms with E-state index in [0.29, 0.717) is 11.8 Å². The summed E-state index contributed by atoms with van der Waals surface area (Å²) in [5.41, 5.74) is 2.76. The molecule has 0 spiro atoms. The van der Waals surface area contributed by atoms with E-state index >= 15 is 0 Å². The van der Waals surface area contributed by atoms with Crippen molar-refractivity contribution >= 4 is 0 Å². The predicted molar refractivity (Wildman–Crippen MR) is 63.0 cm³/mol. The zero-order valence-corrected chi connectivity index (χ0v) is 10.1. The van der Waals surface area contributed by atoms with Crippen LogP contribution in [0.5, 0.6) is 0 Å². The summed E-state index contributed by atoms with van der Waals surface area (Å²) in [6.45, 7) is 9.78. The molecule has 1 aliphatic heterocycles. The third kappa shape index (κ3) is 1.81. The number of hydrogen-bond donors (Lipinski definition) is 0. The minimum Gasteiger partial charge on any atom is -0.364 e. The van der Waals surface area contributed by atoms with Gasteiger partial charge in [-0.25, -0.2) is 0 Å². The van der Waals surface area contributed by atoms with Crippen LogP contribution in [0.4, 0.5) is 0 Å². The Kier molecular flexibility index (Phi) is 2.59. The summed E-state index contributed by atoms with van der Waals surface area (Å²) >= 11 is 0. The quantitative estimate of drug-likeness (QED) is 0.684. The van der Waals surface area contributed by atoms with Crippen LogP contribution in [-0.4, -0.2) is 6.61 Å². The van der Waals surface area contributed by atoms with Gasteiger partial charge in [0.15, 0.2) is 0 Å². The lowest BCUT2D eigenvalue weighted by Crippen LogP contribution is -2.16. The summed E-state index contributed by atoms with van der Waals surface area (Å²) in [4.78, 5) is 0. The van der Waals surface area contributed by atoms with Gasteiger partial charge < -0.3 is 4.74 Å². The fourth-order valence-corrected chi connectivity index (χ4v) is 2.06. The summed E-state index contributed by atoms with van der Waals surface area (Å²) in [7, 11) is 0. The van der Waals surface area contributed by atoms with Crippen LogP contribution in [0.2, 0.25) is 0 Å². The van der Waals surface area contributed by atoms with Crippen LogP contribution in [0.3, 0.4) is 0 Å². The van der Waals surface area contributed by atoms with Crippen molar-refractivity contribution in [2.75, 3.05) is 6.61 Å². The van der Waals surface area contributed by atoms with E-state index in [1.165, 1.54) is 11.1 Å². The first kappa shape index (κ1) is 10.7. The van der Waals surface area contributed by atoms with Crippen molar-refractivity contribution in [3.05, 3.63) is 35.4 Å². The lowest BCUT2D eigenvalue weighted by atomic mass is 9.88. The topological polar surface area (TPSA) is 12.5 Å². The molecule has 0 aliphatic carbocycles. The van der Waals surface area contributed by atoms with Crippen molar-refractivity contribution in [2.24, 2.45) is 5.92 Å². The van der Waals surface area contributed by atoms with Crippen LogP contribution in [-0.2, 0) is 10.3 Å². The van der Waals surface area contributed by atoms with E-state index in [9.17, 15) is 0 Å². The highest BCUT2D eigenvalue weighted by molar-refractivity contribution is 5.32. The second kappa shape index (κ2) is 3.64. The predicted octanol–water partition coefficient (Wildman–Crippen LogP) is 3.69. The van der Waals surface area contributed by atoms with Crippen LogP contribution >= 0.6 is 0 Å². The van der Waals surface area contributed by atoms with E-state index in [0.717, 1.165) is 6.61 Å². The zero-order chi connectivity index (χ0) is 11.1. The van der Waals surface area contributed by atoms with Gasteiger partial charge in [-0.2, -0.15) is 0 Å². The van der Waals surface area contributed by atoms with Gasteiger partial charge in [-0.15, -0.1) is 0 Å². The number of rotatable bonds is 3. The minimum absolute atomic E-state index is 0.0233. The maximum Gasteiger partial charge on any atom is 0.119 e. The molecule has 1 fully saturated rings. The fraction of sp³-hybridized carbons (Fsp3) is 0.571. The van der Waals surface area contributed by atoms with Gasteiger partial charge in [0.25, 0.3) is 0 Å². The van der Waals surface area contributed by atoms with E-state index in [2.05, 4.69) is 52.0 Å². The van der Waals surface area contributed by atoms with Gasteiger partial charge in [0.05, 0.1) is 6.61 Å². The van der Waals surface area contributed by atoms with Gasteiger partial charge in [0.1, 0.15) is 5.60 Å². The smallest absolute Gasteiger partial charge is 0.119 e. The normalized spacial score (nSPS) is 24.9. The second-order valence-corrected chi connectivity index (χ2v) is 5.11. The lowest BCUT2D eigenvalue weighted by molar-refractivity contribution is 0.242. The molecule has 1 unspecified atom stereocenters. The average Bonchev–Trinajstić information content (AvgIpc) is 2.98. The van der Waals surface area contributed by atoms with Crippen molar-refractivity contribution in [1.82, 2.24) is 0 Å². The molecule has 1 aliphatic rings. The molecule has 1 heterocycles. The highest BCUT2D eigenvalue weighted by Gasteiger charge is 2.49. The molecule has 15 heavy (non-hydrogen) atoms. The number of epoxide rings is 1. The molecule has 82 valence electrons. The molecule has 0 amide bonds. The summed E-state index contributed by atoms with van der Waals surface area (Å²) in [6.07, 6.45) is 0. The Morgan fingerprint density at radius 1 is 1.07 bits per heavy atom. The Labute approximate surface area is 92.5 Å². The van der Waals surface area contributed by atoms with Crippen molar-refractivity contribution in [3.8, 4) is 0 Å². The molecule has 0 N–H and O–H groups in total. The van der Waals surface area contributed by atoms with Crippen molar-refractivity contribution < 1.29 is 4.74 Å². The molecule has 0 aromatic heterocycles. The first-order valence-electron chi connectivity index (χ1n) is 5.80. The Hall–Kier alpha value is -0.820. The Balaban J connectivity index is 2.24. The first-order chi connectivity index (χ1) is 7.06. The Morgan fingerprint density at radius 3 is 1.93 bits per heavy atom. The van der Waals surface area contributed by atoms with Gasteiger partial charge in [-0.1, -0.05) is 52.0 Å². The van der Waals surface area contributed by atoms with Crippen molar-refractivity contribution in [2.45, 2.75) is 39.2 Å². The zero-order valence-electron chi connectivity index (χ0n) is 10.1. The van der Waals surface area contributed by atoms with Crippen LogP contribution in [0.25, 0.3) is 0 Å². The van der Waals surface area contributed by atoms with Crippen molar-refractivity contribution in [1.29, 1.82) is 0 Å². The second-order valence-electron chi connectivity index (χ2n) is 5.11. The lowest BCUT2D eigenvalue weighted by Gasteiger charge is -2.17. The Morgan fingerprint density at radius 2 is 1.60 bits per heavy atom. The van der Waals surface area contributed by atoms with E-state index < -0.39 is 0 Å². The van der Waals surface area contributed by atoms with Crippen LogP contribution in [0.1, 0.15) is 44.7 Å². The molecular weight excluding hydrogens is 184 g/mol. The number of hydrogen-bond acceptors (Lipinski definition) is 1.